The number of imidazole rings is 1. The van der Waals surface area contributed by atoms with Crippen LogP contribution in [0.15, 0.2) is 24.4 Å². The number of carbonyl (C=O) groups excluding carboxylic acids is 1. The average molecular weight is 355 g/mol. The summed E-state index contributed by atoms with van der Waals surface area (Å²) in [4.78, 5) is 20.2. The molecule has 1 aliphatic heterocycles. The first-order valence-corrected chi connectivity index (χ1v) is 7.93. The van der Waals surface area contributed by atoms with Gasteiger partial charge in [-0.05, 0) is 37.5 Å². The van der Waals surface area contributed by atoms with Gasteiger partial charge in [0.25, 0.3) is 5.91 Å². The second-order valence-corrected chi connectivity index (χ2v) is 6.23. The van der Waals surface area contributed by atoms with E-state index < -0.39 is 17.7 Å². The minimum absolute atomic E-state index is 0.222. The molecule has 1 atom stereocenters. The van der Waals surface area contributed by atoms with Gasteiger partial charge in [0, 0.05) is 24.6 Å². The van der Waals surface area contributed by atoms with Gasteiger partial charge in [-0.2, -0.15) is 13.2 Å². The van der Waals surface area contributed by atoms with E-state index in [0.717, 1.165) is 6.20 Å². The maximum atomic E-state index is 13.7. The van der Waals surface area contributed by atoms with Gasteiger partial charge in [0.05, 0.1) is 6.20 Å². The monoisotopic (exact) mass is 355 g/mol. The molecule has 0 bridgehead atoms. The van der Waals surface area contributed by atoms with Crippen LogP contribution in [-0.4, -0.2) is 33.9 Å². The van der Waals surface area contributed by atoms with Gasteiger partial charge in [-0.15, -0.1) is 0 Å². The quantitative estimate of drug-likeness (QED) is 0.831. The van der Waals surface area contributed by atoms with Crippen LogP contribution in [0.25, 0.3) is 0 Å². The summed E-state index contributed by atoms with van der Waals surface area (Å²) in [6.45, 7) is 2.34. The molecule has 1 amide bonds. The number of rotatable bonds is 2. The number of aromatic amines is 1. The number of nitrogens with one attached hydrogen (secondary N) is 1. The molecule has 8 heteroatoms. The number of benzene rings is 1. The molecule has 2 heterocycles. The van der Waals surface area contributed by atoms with Gasteiger partial charge in [0.1, 0.15) is 17.3 Å². The SMILES string of the molecule is Cc1ccc(C(=O)N2CCC[C@@H](c3ncc(C(F)(F)F)[nH]3)C2)cc1F. The Kier molecular flexibility index (Phi) is 4.53. The number of aromatic nitrogens is 2. The molecule has 1 aromatic heterocycles. The van der Waals surface area contributed by atoms with E-state index in [2.05, 4.69) is 9.97 Å². The van der Waals surface area contributed by atoms with Crippen LogP contribution in [0.5, 0.6) is 0 Å². The molecule has 1 aromatic carbocycles. The lowest BCUT2D eigenvalue weighted by Crippen LogP contribution is -2.39. The molecule has 1 saturated heterocycles. The van der Waals surface area contributed by atoms with Crippen LogP contribution in [0, 0.1) is 12.7 Å². The first kappa shape index (κ1) is 17.4. The molecule has 1 fully saturated rings. The van der Waals surface area contributed by atoms with E-state index in [1.54, 1.807) is 13.0 Å². The van der Waals surface area contributed by atoms with E-state index in [1.165, 1.54) is 17.0 Å². The molecule has 0 aliphatic carbocycles. The fraction of sp³-hybridized carbons (Fsp3) is 0.412. The Hall–Kier alpha value is -2.38. The van der Waals surface area contributed by atoms with Crippen molar-refractivity contribution in [2.24, 2.45) is 0 Å². The minimum Gasteiger partial charge on any atom is -0.338 e. The molecule has 2 aromatic rings. The number of alkyl halides is 3. The molecule has 0 saturated carbocycles. The van der Waals surface area contributed by atoms with Gasteiger partial charge in [-0.1, -0.05) is 6.07 Å². The predicted octanol–water partition coefficient (Wildman–Crippen LogP) is 3.90. The fourth-order valence-electron chi connectivity index (χ4n) is 2.98. The van der Waals surface area contributed by atoms with Crippen LogP contribution in [0.2, 0.25) is 0 Å². The van der Waals surface area contributed by atoms with E-state index in [4.69, 9.17) is 0 Å². The van der Waals surface area contributed by atoms with Crippen LogP contribution >= 0.6 is 0 Å². The third-order valence-electron chi connectivity index (χ3n) is 4.41. The van der Waals surface area contributed by atoms with Gasteiger partial charge >= 0.3 is 6.18 Å². The normalized spacial score (nSPS) is 18.4. The second kappa shape index (κ2) is 6.50. The van der Waals surface area contributed by atoms with Gasteiger partial charge in [-0.3, -0.25) is 4.79 Å². The summed E-state index contributed by atoms with van der Waals surface area (Å²) in [5, 5.41) is 0. The van der Waals surface area contributed by atoms with Crippen molar-refractivity contribution in [3.05, 3.63) is 52.9 Å². The van der Waals surface area contributed by atoms with E-state index in [9.17, 15) is 22.4 Å². The number of likely N-dealkylation sites (tertiary alicyclic amines) is 1. The third-order valence-corrected chi connectivity index (χ3v) is 4.41. The van der Waals surface area contributed by atoms with Gasteiger partial charge in [0.2, 0.25) is 0 Å². The summed E-state index contributed by atoms with van der Waals surface area (Å²) in [5.41, 5.74) is -0.214. The number of amides is 1. The number of hydrogen-bond acceptors (Lipinski definition) is 2. The molecule has 134 valence electrons. The van der Waals surface area contributed by atoms with Crippen LogP contribution in [0.4, 0.5) is 17.6 Å². The largest absolute Gasteiger partial charge is 0.432 e. The molecular formula is C17H17F4N3O. The van der Waals surface area contributed by atoms with Gasteiger partial charge in [0.15, 0.2) is 0 Å². The maximum Gasteiger partial charge on any atom is 0.432 e. The highest BCUT2D eigenvalue weighted by Crippen LogP contribution is 2.31. The Morgan fingerprint density at radius 3 is 2.76 bits per heavy atom. The van der Waals surface area contributed by atoms with E-state index in [1.807, 2.05) is 0 Å². The van der Waals surface area contributed by atoms with E-state index in [0.29, 0.717) is 24.9 Å². The van der Waals surface area contributed by atoms with Crippen molar-refractivity contribution in [3.63, 3.8) is 0 Å². The summed E-state index contributed by atoms with van der Waals surface area (Å²) in [5.74, 6) is -0.865. The molecule has 0 radical (unpaired) electrons. The predicted molar refractivity (Wildman–Crippen MR) is 82.6 cm³/mol. The molecular weight excluding hydrogens is 338 g/mol. The molecule has 1 N–H and O–H groups in total. The Morgan fingerprint density at radius 1 is 1.36 bits per heavy atom. The summed E-state index contributed by atoms with van der Waals surface area (Å²) < 4.78 is 51.8. The Bertz CT molecular complexity index is 784. The molecule has 1 aliphatic rings. The van der Waals surface area contributed by atoms with Crippen molar-refractivity contribution in [1.29, 1.82) is 0 Å². The minimum atomic E-state index is -4.48. The number of halogens is 4. The number of hydrogen-bond donors (Lipinski definition) is 1. The zero-order valence-electron chi connectivity index (χ0n) is 13.5. The fourth-order valence-corrected chi connectivity index (χ4v) is 2.98. The standard InChI is InChI=1S/C17H17F4N3O/c1-10-4-5-11(7-13(10)18)16(25)24-6-2-3-12(9-24)15-22-8-14(23-15)17(19,20)21/h4-5,7-8,12H,2-3,6,9H2,1H3,(H,22,23)/t12-/m1/s1. The smallest absolute Gasteiger partial charge is 0.338 e. The highest BCUT2D eigenvalue weighted by Gasteiger charge is 2.35. The molecule has 25 heavy (non-hydrogen) atoms. The highest BCUT2D eigenvalue weighted by atomic mass is 19.4. The van der Waals surface area contributed by atoms with Crippen molar-refractivity contribution in [1.82, 2.24) is 14.9 Å². The lowest BCUT2D eigenvalue weighted by Gasteiger charge is -2.32. The Balaban J connectivity index is 1.75. The highest BCUT2D eigenvalue weighted by molar-refractivity contribution is 5.94. The topological polar surface area (TPSA) is 49.0 Å². The van der Waals surface area contributed by atoms with Gasteiger partial charge < -0.3 is 9.88 Å². The zero-order valence-corrected chi connectivity index (χ0v) is 13.5. The van der Waals surface area contributed by atoms with E-state index in [-0.39, 0.29) is 29.8 Å². The number of nitrogens with zero attached hydrogens (tertiary/aromatic N) is 2. The molecule has 4 nitrogen and oxygen atoms in total. The first-order valence-electron chi connectivity index (χ1n) is 7.93. The molecule has 0 unspecified atom stereocenters. The summed E-state index contributed by atoms with van der Waals surface area (Å²) in [6.07, 6.45) is -2.43. The van der Waals surface area contributed by atoms with Crippen LogP contribution in [0.1, 0.15) is 46.2 Å². The van der Waals surface area contributed by atoms with Crippen molar-refractivity contribution >= 4 is 5.91 Å². The molecule has 3 rings (SSSR count). The van der Waals surface area contributed by atoms with Crippen LogP contribution in [0.3, 0.4) is 0 Å². The van der Waals surface area contributed by atoms with E-state index >= 15 is 0 Å². The number of H-pyrrole nitrogens is 1. The summed E-state index contributed by atoms with van der Waals surface area (Å²) in [7, 11) is 0. The third kappa shape index (κ3) is 3.67. The van der Waals surface area contributed by atoms with Crippen molar-refractivity contribution < 1.29 is 22.4 Å². The van der Waals surface area contributed by atoms with Crippen molar-refractivity contribution in [2.75, 3.05) is 13.1 Å². The number of piperidine rings is 1. The summed E-state index contributed by atoms with van der Waals surface area (Å²) >= 11 is 0. The summed E-state index contributed by atoms with van der Waals surface area (Å²) in [6, 6.07) is 4.28. The first-order chi connectivity index (χ1) is 11.8. The number of carbonyl (C=O) groups is 1. The van der Waals surface area contributed by atoms with Gasteiger partial charge in [-0.25, -0.2) is 9.37 Å². The van der Waals surface area contributed by atoms with Crippen molar-refractivity contribution in [3.8, 4) is 0 Å². The number of aryl methyl sites for hydroxylation is 1. The van der Waals surface area contributed by atoms with Crippen molar-refractivity contribution in [2.45, 2.75) is 31.9 Å². The lowest BCUT2D eigenvalue weighted by atomic mass is 9.96. The maximum absolute atomic E-state index is 13.7. The average Bonchev–Trinajstić information content (AvgIpc) is 3.07. The van der Waals surface area contributed by atoms with Crippen LogP contribution in [-0.2, 0) is 6.18 Å². The van der Waals surface area contributed by atoms with Crippen LogP contribution < -0.4 is 0 Å². The second-order valence-electron chi connectivity index (χ2n) is 6.23. The zero-order chi connectivity index (χ0) is 18.2. The molecule has 0 spiro atoms. The Labute approximate surface area is 141 Å². The Morgan fingerprint density at radius 2 is 2.12 bits per heavy atom. The lowest BCUT2D eigenvalue weighted by molar-refractivity contribution is -0.141.